The highest BCUT2D eigenvalue weighted by atomic mass is 19.3. The van der Waals surface area contributed by atoms with E-state index in [9.17, 15) is 13.6 Å². The smallest absolute Gasteiger partial charge is 0.266 e. The van der Waals surface area contributed by atoms with Crippen molar-refractivity contribution in [1.82, 2.24) is 4.90 Å². The molecule has 0 aromatic heterocycles. The van der Waals surface area contributed by atoms with Crippen LogP contribution in [0.1, 0.15) is 0 Å². The average molecular weight is 148 g/mol. The van der Waals surface area contributed by atoms with Crippen LogP contribution < -0.4 is 0 Å². The first kappa shape index (κ1) is 7.11. The first-order valence-electron chi connectivity index (χ1n) is 2.77. The minimum absolute atomic E-state index is 0.00958. The molecule has 0 unspecified atom stereocenters. The molecule has 3 nitrogen and oxygen atoms in total. The minimum Gasteiger partial charge on any atom is -0.347 e. The Hall–Kier alpha value is -1.00. The summed E-state index contributed by atoms with van der Waals surface area (Å²) in [6.45, 7) is -0.417. The van der Waals surface area contributed by atoms with Crippen molar-refractivity contribution in [2.45, 2.75) is 6.43 Å². The molecule has 10 heavy (non-hydrogen) atoms. The highest BCUT2D eigenvalue weighted by Gasteiger charge is 2.16. The molecule has 0 spiro atoms. The minimum atomic E-state index is -2.41. The Bertz CT molecular complexity index is 169. The fourth-order valence-electron chi connectivity index (χ4n) is 0.690. The van der Waals surface area contributed by atoms with Crippen LogP contribution in [0, 0.1) is 0 Å². The molecule has 0 saturated heterocycles. The molecular weight excluding hydrogens is 142 g/mol. The van der Waals surface area contributed by atoms with E-state index in [4.69, 9.17) is 0 Å². The van der Waals surface area contributed by atoms with Crippen LogP contribution in [-0.4, -0.2) is 36.7 Å². The number of alkyl halides is 2. The number of rotatable bonds is 2. The van der Waals surface area contributed by atoms with Crippen LogP contribution in [-0.2, 0) is 4.79 Å². The summed E-state index contributed by atoms with van der Waals surface area (Å²) in [4.78, 5) is 14.8. The third kappa shape index (κ3) is 1.75. The fourth-order valence-corrected chi connectivity index (χ4v) is 0.690. The van der Waals surface area contributed by atoms with Crippen molar-refractivity contribution in [3.63, 3.8) is 0 Å². The molecule has 1 amide bonds. The Labute approximate surface area is 56.3 Å². The molecule has 1 heterocycles. The summed E-state index contributed by atoms with van der Waals surface area (Å²) in [7, 11) is 0. The van der Waals surface area contributed by atoms with E-state index >= 15 is 0 Å². The van der Waals surface area contributed by atoms with Crippen LogP contribution in [0.25, 0.3) is 0 Å². The lowest BCUT2D eigenvalue weighted by Crippen LogP contribution is -2.26. The zero-order valence-corrected chi connectivity index (χ0v) is 5.13. The van der Waals surface area contributed by atoms with Gasteiger partial charge >= 0.3 is 0 Å². The van der Waals surface area contributed by atoms with E-state index in [-0.39, 0.29) is 12.5 Å². The molecule has 1 aliphatic heterocycles. The highest BCUT2D eigenvalue weighted by Crippen LogP contribution is 2.00. The van der Waals surface area contributed by atoms with Crippen LogP contribution in [0.2, 0.25) is 0 Å². The average Bonchev–Trinajstić information content (AvgIpc) is 2.13. The molecular formula is C5H6F2N2O. The van der Waals surface area contributed by atoms with Crippen molar-refractivity contribution in [2.24, 2.45) is 4.99 Å². The number of aliphatic imine (C=N–C) groups is 1. The molecule has 56 valence electrons. The van der Waals surface area contributed by atoms with E-state index in [1.54, 1.807) is 0 Å². The predicted octanol–water partition coefficient (Wildman–Crippen LogP) is 0.122. The van der Waals surface area contributed by atoms with Gasteiger partial charge in [0, 0.05) is 0 Å². The van der Waals surface area contributed by atoms with E-state index in [0.717, 1.165) is 6.34 Å². The number of carbonyl (C=O) groups excluding carboxylic acids is 1. The number of hydrogen-bond donors (Lipinski definition) is 0. The third-order valence-corrected chi connectivity index (χ3v) is 1.08. The SMILES string of the molecule is O=C1CN(CC(F)F)C=N1. The van der Waals surface area contributed by atoms with Crippen molar-refractivity contribution in [2.75, 3.05) is 13.1 Å². The van der Waals surface area contributed by atoms with Crippen LogP contribution in [0.15, 0.2) is 4.99 Å². The van der Waals surface area contributed by atoms with Crippen LogP contribution in [0.4, 0.5) is 8.78 Å². The monoisotopic (exact) mass is 148 g/mol. The second-order valence-electron chi connectivity index (χ2n) is 1.96. The standard InChI is InChI=1S/C5H6F2N2O/c6-4(7)1-9-2-5(10)8-3-9/h3-4H,1-2H2. The quantitative estimate of drug-likeness (QED) is 0.557. The van der Waals surface area contributed by atoms with Gasteiger partial charge in [-0.2, -0.15) is 0 Å². The van der Waals surface area contributed by atoms with E-state index < -0.39 is 13.0 Å². The van der Waals surface area contributed by atoms with E-state index in [0.29, 0.717) is 0 Å². The summed E-state index contributed by atoms with van der Waals surface area (Å²) in [6.07, 6.45) is -1.26. The molecule has 0 aromatic rings. The second kappa shape index (κ2) is 2.72. The van der Waals surface area contributed by atoms with Gasteiger partial charge in [0.1, 0.15) is 6.54 Å². The lowest BCUT2D eigenvalue weighted by atomic mass is 10.5. The lowest BCUT2D eigenvalue weighted by molar-refractivity contribution is -0.117. The van der Waals surface area contributed by atoms with Gasteiger partial charge in [-0.1, -0.05) is 0 Å². The molecule has 0 atom stereocenters. The van der Waals surface area contributed by atoms with Crippen molar-refractivity contribution >= 4 is 12.2 Å². The number of carbonyl (C=O) groups is 1. The lowest BCUT2D eigenvalue weighted by Gasteiger charge is -2.10. The Morgan fingerprint density at radius 3 is 2.90 bits per heavy atom. The topological polar surface area (TPSA) is 32.7 Å². The van der Waals surface area contributed by atoms with Crippen molar-refractivity contribution in [3.8, 4) is 0 Å². The number of hydrogen-bond acceptors (Lipinski definition) is 2. The van der Waals surface area contributed by atoms with Crippen LogP contribution in [0.3, 0.4) is 0 Å². The van der Waals surface area contributed by atoms with Gasteiger partial charge in [-0.3, -0.25) is 4.79 Å². The summed E-state index contributed by atoms with van der Waals surface area (Å²) in [5.74, 6) is -0.361. The summed E-state index contributed by atoms with van der Waals surface area (Å²) in [5, 5.41) is 0. The number of amides is 1. The van der Waals surface area contributed by atoms with Gasteiger partial charge in [0.05, 0.1) is 12.9 Å². The van der Waals surface area contributed by atoms with Gasteiger partial charge in [0.25, 0.3) is 12.3 Å². The molecule has 1 aliphatic rings. The summed E-state index contributed by atoms with van der Waals surface area (Å²) < 4.78 is 23.2. The summed E-state index contributed by atoms with van der Waals surface area (Å²) in [5.41, 5.74) is 0. The molecule has 0 radical (unpaired) electrons. The summed E-state index contributed by atoms with van der Waals surface area (Å²) >= 11 is 0. The number of nitrogens with zero attached hydrogens (tertiary/aromatic N) is 2. The van der Waals surface area contributed by atoms with Gasteiger partial charge in [0.15, 0.2) is 0 Å². The van der Waals surface area contributed by atoms with Gasteiger partial charge in [-0.25, -0.2) is 13.8 Å². The van der Waals surface area contributed by atoms with Crippen LogP contribution >= 0.6 is 0 Å². The maximum atomic E-state index is 11.6. The first-order valence-corrected chi connectivity index (χ1v) is 2.77. The molecule has 1 rings (SSSR count). The van der Waals surface area contributed by atoms with E-state index in [1.165, 1.54) is 4.90 Å². The third-order valence-electron chi connectivity index (χ3n) is 1.08. The molecule has 0 saturated carbocycles. The van der Waals surface area contributed by atoms with Crippen LogP contribution in [0.5, 0.6) is 0 Å². The number of halogens is 2. The molecule has 0 aliphatic carbocycles. The van der Waals surface area contributed by atoms with Crippen molar-refractivity contribution < 1.29 is 13.6 Å². The second-order valence-corrected chi connectivity index (χ2v) is 1.96. The zero-order chi connectivity index (χ0) is 7.56. The Morgan fingerprint density at radius 1 is 1.80 bits per heavy atom. The van der Waals surface area contributed by atoms with E-state index in [1.807, 2.05) is 0 Å². The Balaban J connectivity index is 2.33. The van der Waals surface area contributed by atoms with Gasteiger partial charge in [0.2, 0.25) is 0 Å². The first-order chi connectivity index (χ1) is 4.68. The normalized spacial score (nSPS) is 17.5. The highest BCUT2D eigenvalue weighted by molar-refractivity contribution is 5.91. The maximum Gasteiger partial charge on any atom is 0.266 e. The molecule has 0 aromatic carbocycles. The zero-order valence-electron chi connectivity index (χ0n) is 5.13. The van der Waals surface area contributed by atoms with Crippen molar-refractivity contribution in [1.29, 1.82) is 0 Å². The van der Waals surface area contributed by atoms with Gasteiger partial charge in [-0.15, -0.1) is 0 Å². The van der Waals surface area contributed by atoms with E-state index in [2.05, 4.69) is 4.99 Å². The Morgan fingerprint density at radius 2 is 2.50 bits per heavy atom. The molecule has 0 fully saturated rings. The molecule has 0 bridgehead atoms. The van der Waals surface area contributed by atoms with Crippen molar-refractivity contribution in [3.05, 3.63) is 0 Å². The maximum absolute atomic E-state index is 11.6. The molecule has 5 heteroatoms. The summed E-state index contributed by atoms with van der Waals surface area (Å²) in [6, 6.07) is 0. The predicted molar refractivity (Wildman–Crippen MR) is 31.1 cm³/mol. The fraction of sp³-hybridized carbons (Fsp3) is 0.600. The largest absolute Gasteiger partial charge is 0.347 e. The van der Waals surface area contributed by atoms with Gasteiger partial charge in [-0.05, 0) is 0 Å². The Kier molecular flexibility index (Phi) is 1.94. The van der Waals surface area contributed by atoms with Gasteiger partial charge < -0.3 is 4.90 Å². The molecule has 0 N–H and O–H groups in total.